The Hall–Kier alpha value is -1.07. The quantitative estimate of drug-likeness (QED) is 0.841. The molecule has 1 aromatic heterocycles. The summed E-state index contributed by atoms with van der Waals surface area (Å²) in [5.41, 5.74) is 2.61. The van der Waals surface area contributed by atoms with Crippen molar-refractivity contribution in [1.82, 2.24) is 10.2 Å². The molecule has 96 valence electrons. The molecule has 0 fully saturated rings. The smallest absolute Gasteiger partial charge is 0.206 e. The van der Waals surface area contributed by atoms with Gasteiger partial charge < -0.3 is 5.32 Å². The van der Waals surface area contributed by atoms with E-state index in [9.17, 15) is 0 Å². The first kappa shape index (κ1) is 13.4. The van der Waals surface area contributed by atoms with Crippen molar-refractivity contribution in [2.45, 2.75) is 36.9 Å². The lowest BCUT2D eigenvalue weighted by molar-refractivity contribution is 0.883. The van der Waals surface area contributed by atoms with Crippen molar-refractivity contribution < 1.29 is 0 Å². The Kier molecular flexibility index (Phi) is 4.60. The molecule has 0 spiro atoms. The van der Waals surface area contributed by atoms with Crippen molar-refractivity contribution in [3.05, 3.63) is 35.4 Å². The highest BCUT2D eigenvalue weighted by molar-refractivity contribution is 8.00. The zero-order valence-electron chi connectivity index (χ0n) is 10.8. The molecule has 0 saturated heterocycles. The molecule has 1 heterocycles. The predicted molar refractivity (Wildman–Crippen MR) is 79.4 cm³/mol. The van der Waals surface area contributed by atoms with Gasteiger partial charge in [0, 0.05) is 11.8 Å². The summed E-state index contributed by atoms with van der Waals surface area (Å²) in [4.78, 5) is 0. The number of rotatable bonds is 5. The summed E-state index contributed by atoms with van der Waals surface area (Å²) in [6.07, 6.45) is 0. The van der Waals surface area contributed by atoms with E-state index in [-0.39, 0.29) is 0 Å². The SMILES string of the molecule is Cc1ccc(CSc2nnc(NC(C)C)s2)cc1. The van der Waals surface area contributed by atoms with E-state index in [0.717, 1.165) is 15.2 Å². The first-order valence-electron chi connectivity index (χ1n) is 5.92. The van der Waals surface area contributed by atoms with Crippen LogP contribution >= 0.6 is 23.1 Å². The molecule has 0 bridgehead atoms. The maximum absolute atomic E-state index is 4.17. The number of hydrogen-bond acceptors (Lipinski definition) is 5. The van der Waals surface area contributed by atoms with Crippen molar-refractivity contribution in [3.8, 4) is 0 Å². The number of aromatic nitrogens is 2. The van der Waals surface area contributed by atoms with Crippen LogP contribution in [0.1, 0.15) is 25.0 Å². The Morgan fingerprint density at radius 1 is 1.22 bits per heavy atom. The average molecular weight is 279 g/mol. The second-order valence-corrected chi connectivity index (χ2v) is 6.65. The molecule has 0 radical (unpaired) electrons. The van der Waals surface area contributed by atoms with Crippen LogP contribution in [0.25, 0.3) is 0 Å². The fourth-order valence-corrected chi connectivity index (χ4v) is 3.26. The molecule has 0 atom stereocenters. The van der Waals surface area contributed by atoms with E-state index in [2.05, 4.69) is 60.6 Å². The summed E-state index contributed by atoms with van der Waals surface area (Å²) in [7, 11) is 0. The van der Waals surface area contributed by atoms with Crippen LogP contribution < -0.4 is 5.32 Å². The number of nitrogens with zero attached hydrogens (tertiary/aromatic N) is 2. The van der Waals surface area contributed by atoms with E-state index in [0.29, 0.717) is 6.04 Å². The van der Waals surface area contributed by atoms with E-state index in [1.807, 2.05) is 0 Å². The zero-order valence-corrected chi connectivity index (χ0v) is 12.4. The van der Waals surface area contributed by atoms with Gasteiger partial charge in [0.1, 0.15) is 0 Å². The molecule has 1 aromatic carbocycles. The van der Waals surface area contributed by atoms with Crippen LogP contribution in [-0.4, -0.2) is 16.2 Å². The Balaban J connectivity index is 1.90. The molecule has 3 nitrogen and oxygen atoms in total. The van der Waals surface area contributed by atoms with Crippen LogP contribution in [0.4, 0.5) is 5.13 Å². The van der Waals surface area contributed by atoms with Gasteiger partial charge in [-0.05, 0) is 26.3 Å². The molecular weight excluding hydrogens is 262 g/mol. The standard InChI is InChI=1S/C13H17N3S2/c1-9(2)14-12-15-16-13(18-12)17-8-11-6-4-10(3)5-7-11/h4-7,9H,8H2,1-3H3,(H,14,15). The number of anilines is 1. The second kappa shape index (κ2) is 6.20. The Labute approximate surface area is 116 Å². The molecule has 5 heteroatoms. The van der Waals surface area contributed by atoms with Gasteiger partial charge in [-0.2, -0.15) is 0 Å². The van der Waals surface area contributed by atoms with Crippen LogP contribution in [0.15, 0.2) is 28.6 Å². The maximum atomic E-state index is 4.17. The van der Waals surface area contributed by atoms with E-state index in [1.165, 1.54) is 11.1 Å². The molecule has 0 amide bonds. The van der Waals surface area contributed by atoms with Crippen molar-refractivity contribution in [2.24, 2.45) is 0 Å². The van der Waals surface area contributed by atoms with Gasteiger partial charge in [0.25, 0.3) is 0 Å². The zero-order chi connectivity index (χ0) is 13.0. The third-order valence-electron chi connectivity index (χ3n) is 2.30. The molecule has 0 aliphatic rings. The Bertz CT molecular complexity index is 491. The fourth-order valence-electron chi connectivity index (χ4n) is 1.40. The topological polar surface area (TPSA) is 37.8 Å². The first-order valence-corrected chi connectivity index (χ1v) is 7.72. The molecular formula is C13H17N3S2. The van der Waals surface area contributed by atoms with Gasteiger partial charge in [0.05, 0.1) is 0 Å². The summed E-state index contributed by atoms with van der Waals surface area (Å²) in [5, 5.41) is 12.5. The number of nitrogens with one attached hydrogen (secondary N) is 1. The highest BCUT2D eigenvalue weighted by Gasteiger charge is 2.05. The number of benzene rings is 1. The lowest BCUT2D eigenvalue weighted by Gasteiger charge is -2.03. The van der Waals surface area contributed by atoms with Gasteiger partial charge in [0.15, 0.2) is 4.34 Å². The van der Waals surface area contributed by atoms with Gasteiger partial charge in [-0.25, -0.2) is 0 Å². The van der Waals surface area contributed by atoms with Crippen LogP contribution in [0.2, 0.25) is 0 Å². The van der Waals surface area contributed by atoms with E-state index >= 15 is 0 Å². The Morgan fingerprint density at radius 3 is 2.61 bits per heavy atom. The molecule has 1 N–H and O–H groups in total. The summed E-state index contributed by atoms with van der Waals surface area (Å²) >= 11 is 3.35. The second-order valence-electron chi connectivity index (χ2n) is 4.45. The molecule has 0 aliphatic heterocycles. The number of aryl methyl sites for hydroxylation is 1. The van der Waals surface area contributed by atoms with E-state index in [1.54, 1.807) is 23.1 Å². The summed E-state index contributed by atoms with van der Waals surface area (Å²) < 4.78 is 1.01. The largest absolute Gasteiger partial charge is 0.358 e. The molecule has 2 rings (SSSR count). The first-order chi connectivity index (χ1) is 8.63. The van der Waals surface area contributed by atoms with Crippen molar-refractivity contribution in [2.75, 3.05) is 5.32 Å². The molecule has 18 heavy (non-hydrogen) atoms. The minimum atomic E-state index is 0.396. The van der Waals surface area contributed by atoms with E-state index in [4.69, 9.17) is 0 Å². The maximum Gasteiger partial charge on any atom is 0.206 e. The molecule has 2 aromatic rings. The minimum absolute atomic E-state index is 0.396. The number of hydrogen-bond donors (Lipinski definition) is 1. The van der Waals surface area contributed by atoms with Crippen LogP contribution in [0.3, 0.4) is 0 Å². The third-order valence-corrected chi connectivity index (χ3v) is 4.36. The molecule has 0 unspecified atom stereocenters. The summed E-state index contributed by atoms with van der Waals surface area (Å²) in [6, 6.07) is 9.00. The van der Waals surface area contributed by atoms with Gasteiger partial charge in [0.2, 0.25) is 5.13 Å². The van der Waals surface area contributed by atoms with Gasteiger partial charge in [-0.3, -0.25) is 0 Å². The van der Waals surface area contributed by atoms with Crippen molar-refractivity contribution in [3.63, 3.8) is 0 Å². The van der Waals surface area contributed by atoms with Gasteiger partial charge in [-0.15, -0.1) is 10.2 Å². The van der Waals surface area contributed by atoms with Crippen LogP contribution in [0, 0.1) is 6.92 Å². The monoisotopic (exact) mass is 279 g/mol. The molecule has 0 saturated carbocycles. The predicted octanol–water partition coefficient (Wildman–Crippen LogP) is 3.96. The fraction of sp³-hybridized carbons (Fsp3) is 0.385. The third kappa shape index (κ3) is 3.99. The van der Waals surface area contributed by atoms with Crippen LogP contribution in [-0.2, 0) is 5.75 Å². The Morgan fingerprint density at radius 2 is 1.94 bits per heavy atom. The van der Waals surface area contributed by atoms with Gasteiger partial charge >= 0.3 is 0 Å². The van der Waals surface area contributed by atoms with Crippen molar-refractivity contribution >= 4 is 28.2 Å². The number of thioether (sulfide) groups is 1. The normalized spacial score (nSPS) is 10.9. The lowest BCUT2D eigenvalue weighted by Crippen LogP contribution is -2.08. The average Bonchev–Trinajstić information content (AvgIpc) is 2.75. The minimum Gasteiger partial charge on any atom is -0.358 e. The summed E-state index contributed by atoms with van der Waals surface area (Å²) in [5.74, 6) is 0.941. The molecule has 0 aliphatic carbocycles. The highest BCUT2D eigenvalue weighted by Crippen LogP contribution is 2.28. The van der Waals surface area contributed by atoms with Gasteiger partial charge in [-0.1, -0.05) is 52.9 Å². The highest BCUT2D eigenvalue weighted by atomic mass is 32.2. The van der Waals surface area contributed by atoms with E-state index < -0.39 is 0 Å². The summed E-state index contributed by atoms with van der Waals surface area (Å²) in [6.45, 7) is 6.30. The van der Waals surface area contributed by atoms with Crippen LogP contribution in [0.5, 0.6) is 0 Å². The van der Waals surface area contributed by atoms with Crippen molar-refractivity contribution in [1.29, 1.82) is 0 Å². The lowest BCUT2D eigenvalue weighted by atomic mass is 10.2.